The molecule has 0 aliphatic heterocycles. The third-order valence-corrected chi connectivity index (χ3v) is 5.69. The summed E-state index contributed by atoms with van der Waals surface area (Å²) >= 11 is 1.41. The van der Waals surface area contributed by atoms with Gasteiger partial charge in [-0.3, -0.25) is 0 Å². The van der Waals surface area contributed by atoms with E-state index in [4.69, 9.17) is 0 Å². The molecule has 2 aromatic rings. The molecule has 0 unspecified atom stereocenters. The maximum atomic E-state index is 2.29. The minimum absolute atomic E-state index is 1.07. The van der Waals surface area contributed by atoms with Crippen LogP contribution in [0.15, 0.2) is 94.0 Å². The first kappa shape index (κ1) is 14.5. The number of hydrogen-bond donors (Lipinski definition) is 0. The second-order valence-corrected chi connectivity index (χ2v) is 7.13. The molecule has 0 N–H and O–H groups in total. The van der Waals surface area contributed by atoms with Gasteiger partial charge < -0.3 is 0 Å². The molecule has 0 saturated carbocycles. The van der Waals surface area contributed by atoms with Crippen molar-refractivity contribution < 1.29 is 14.7 Å². The van der Waals surface area contributed by atoms with Crippen LogP contribution >= 0.6 is 0 Å². The Balaban J connectivity index is 1.67. The molecule has 0 saturated heterocycles. The summed E-state index contributed by atoms with van der Waals surface area (Å²) in [5, 5.41) is 0. The summed E-state index contributed by atoms with van der Waals surface area (Å²) in [6.07, 6.45) is 11.3. The van der Waals surface area contributed by atoms with Crippen LogP contribution in [0.4, 0.5) is 0 Å². The first-order valence-corrected chi connectivity index (χ1v) is 8.96. The van der Waals surface area contributed by atoms with Crippen LogP contribution < -0.4 is 0 Å². The average molecular weight is 341 g/mol. The number of benzene rings is 2. The molecule has 0 aromatic heterocycles. The van der Waals surface area contributed by atoms with Crippen LogP contribution in [0.5, 0.6) is 0 Å². The van der Waals surface area contributed by atoms with E-state index < -0.39 is 0 Å². The Morgan fingerprint density at radius 2 is 1.00 bits per heavy atom. The summed E-state index contributed by atoms with van der Waals surface area (Å²) in [6, 6.07) is 21.5. The second-order valence-electron chi connectivity index (χ2n) is 5.61. The predicted molar refractivity (Wildman–Crippen MR) is 94.2 cm³/mol. The van der Waals surface area contributed by atoms with Crippen LogP contribution in [-0.2, 0) is 14.7 Å². The van der Waals surface area contributed by atoms with Crippen LogP contribution in [-0.4, -0.2) is 0 Å². The van der Waals surface area contributed by atoms with E-state index in [2.05, 4.69) is 85.0 Å². The van der Waals surface area contributed by atoms with Gasteiger partial charge in [0.05, 0.1) is 0 Å². The molecule has 0 amide bonds. The van der Waals surface area contributed by atoms with E-state index in [-0.39, 0.29) is 0 Å². The van der Waals surface area contributed by atoms with Crippen LogP contribution in [0.3, 0.4) is 0 Å². The standard InChI is InChI=1S/2C11H9.Co/c2*1-2-6-10(7-3-1)11-8-4-5-9-11;/h2*1-4,6-8H,5H2;. The van der Waals surface area contributed by atoms with E-state index in [1.165, 1.54) is 46.0 Å². The zero-order valence-electron chi connectivity index (χ0n) is 12.8. The van der Waals surface area contributed by atoms with Crippen molar-refractivity contribution in [3.8, 4) is 0 Å². The van der Waals surface area contributed by atoms with Crippen molar-refractivity contribution in [3.05, 3.63) is 105 Å². The topological polar surface area (TPSA) is 0 Å². The molecule has 4 rings (SSSR count). The monoisotopic (exact) mass is 341 g/mol. The third kappa shape index (κ3) is 3.03. The van der Waals surface area contributed by atoms with Crippen molar-refractivity contribution in [2.45, 2.75) is 12.8 Å². The molecule has 2 aliphatic rings. The zero-order chi connectivity index (χ0) is 15.5. The molecule has 0 fully saturated rings. The van der Waals surface area contributed by atoms with Crippen molar-refractivity contribution >= 4 is 11.1 Å². The van der Waals surface area contributed by atoms with Gasteiger partial charge in [-0.1, -0.05) is 0 Å². The Hall–Kier alpha value is -2.09. The summed E-state index contributed by atoms with van der Waals surface area (Å²) < 4.78 is 3.03. The molecule has 0 nitrogen and oxygen atoms in total. The first-order chi connectivity index (χ1) is 11.4. The Labute approximate surface area is 143 Å². The summed E-state index contributed by atoms with van der Waals surface area (Å²) in [4.78, 5) is 0. The van der Waals surface area contributed by atoms with Gasteiger partial charge in [0.25, 0.3) is 0 Å². The molecular formula is C22H18Co. The van der Waals surface area contributed by atoms with Crippen molar-refractivity contribution in [3.63, 3.8) is 0 Å². The summed E-state index contributed by atoms with van der Waals surface area (Å²) in [6.45, 7) is 0. The molecule has 0 spiro atoms. The van der Waals surface area contributed by atoms with Crippen LogP contribution in [0.2, 0.25) is 0 Å². The number of hydrogen-bond acceptors (Lipinski definition) is 0. The van der Waals surface area contributed by atoms with Crippen molar-refractivity contribution in [1.82, 2.24) is 0 Å². The van der Waals surface area contributed by atoms with Crippen LogP contribution in [0.1, 0.15) is 24.0 Å². The molecule has 1 heteroatoms. The van der Waals surface area contributed by atoms with Crippen molar-refractivity contribution in [1.29, 1.82) is 0 Å². The number of rotatable bonds is 4. The summed E-state index contributed by atoms with van der Waals surface area (Å²) in [5.41, 5.74) is 5.46. The van der Waals surface area contributed by atoms with Gasteiger partial charge in [0.2, 0.25) is 0 Å². The molecule has 0 bridgehead atoms. The quantitative estimate of drug-likeness (QED) is 0.658. The predicted octanol–water partition coefficient (Wildman–Crippen LogP) is 5.81. The fraction of sp³-hybridized carbons (Fsp3) is 0.0909. The van der Waals surface area contributed by atoms with E-state index in [1.54, 1.807) is 0 Å². The number of allylic oxidation sites excluding steroid dienone is 8. The molecule has 115 valence electrons. The van der Waals surface area contributed by atoms with Gasteiger partial charge in [0.15, 0.2) is 0 Å². The van der Waals surface area contributed by atoms with Gasteiger partial charge in [-0.25, -0.2) is 0 Å². The Bertz CT molecular complexity index is 749. The molecular weight excluding hydrogens is 323 g/mol. The van der Waals surface area contributed by atoms with E-state index in [1.807, 2.05) is 0 Å². The van der Waals surface area contributed by atoms with E-state index in [0.29, 0.717) is 0 Å². The van der Waals surface area contributed by atoms with Gasteiger partial charge in [-0.2, -0.15) is 0 Å². The Kier molecular flexibility index (Phi) is 4.14. The Morgan fingerprint density at radius 3 is 1.43 bits per heavy atom. The van der Waals surface area contributed by atoms with Crippen LogP contribution in [0.25, 0.3) is 11.1 Å². The SMILES string of the molecule is C1=CC(c2ccccc2)=[C]([Co][C]2=C(c3ccccc3)C=CC2)C1. The Morgan fingerprint density at radius 1 is 0.565 bits per heavy atom. The first-order valence-electron chi connectivity index (χ1n) is 7.92. The van der Waals surface area contributed by atoms with E-state index >= 15 is 0 Å². The molecule has 2 aromatic carbocycles. The molecule has 23 heavy (non-hydrogen) atoms. The summed E-state index contributed by atoms with van der Waals surface area (Å²) in [7, 11) is 0. The average Bonchev–Trinajstić information content (AvgIpc) is 3.26. The fourth-order valence-corrected chi connectivity index (χ4v) is 4.54. The van der Waals surface area contributed by atoms with E-state index in [0.717, 1.165) is 12.8 Å². The summed E-state index contributed by atoms with van der Waals surface area (Å²) in [5.74, 6) is 0. The molecule has 0 radical (unpaired) electrons. The normalized spacial score (nSPS) is 16.9. The van der Waals surface area contributed by atoms with Gasteiger partial charge in [-0.15, -0.1) is 0 Å². The third-order valence-electron chi connectivity index (χ3n) is 4.08. The minimum atomic E-state index is 1.07. The van der Waals surface area contributed by atoms with Gasteiger partial charge in [-0.05, 0) is 0 Å². The van der Waals surface area contributed by atoms with Crippen molar-refractivity contribution in [2.75, 3.05) is 0 Å². The van der Waals surface area contributed by atoms with Crippen LogP contribution in [0, 0.1) is 0 Å². The van der Waals surface area contributed by atoms with E-state index in [9.17, 15) is 0 Å². The fourth-order valence-electron chi connectivity index (χ4n) is 2.95. The maximum absolute atomic E-state index is 2.29. The second kappa shape index (κ2) is 6.57. The molecule has 2 aliphatic carbocycles. The van der Waals surface area contributed by atoms with Gasteiger partial charge in [0.1, 0.15) is 0 Å². The van der Waals surface area contributed by atoms with Gasteiger partial charge in [0, 0.05) is 0 Å². The molecule has 0 heterocycles. The van der Waals surface area contributed by atoms with Gasteiger partial charge >= 0.3 is 144 Å². The van der Waals surface area contributed by atoms with Crippen molar-refractivity contribution in [2.24, 2.45) is 0 Å². The molecule has 0 atom stereocenters. The zero-order valence-corrected chi connectivity index (χ0v) is 13.9.